The second-order valence-electron chi connectivity index (χ2n) is 6.21. The Morgan fingerprint density at radius 3 is 2.69 bits per heavy atom. The molecule has 0 saturated carbocycles. The number of amides is 1. The molecule has 0 aliphatic rings. The van der Waals surface area contributed by atoms with Crippen molar-refractivity contribution < 1.29 is 9.53 Å². The summed E-state index contributed by atoms with van der Waals surface area (Å²) >= 11 is 14.3. The maximum atomic E-state index is 12.7. The molecule has 0 bridgehead atoms. The van der Waals surface area contributed by atoms with Crippen LogP contribution in [0.1, 0.15) is 17.3 Å². The number of benzene rings is 3. The van der Waals surface area contributed by atoms with E-state index < -0.39 is 0 Å². The molecule has 3 aromatic carbocycles. The highest BCUT2D eigenvalue weighted by Gasteiger charge is 2.16. The maximum absolute atomic E-state index is 12.7. The Hall–Kier alpha value is -2.60. The van der Waals surface area contributed by atoms with E-state index in [1.165, 1.54) is 11.3 Å². The van der Waals surface area contributed by atoms with Crippen molar-refractivity contribution in [3.63, 3.8) is 0 Å². The number of nitrogens with zero attached hydrogens (tertiary/aromatic N) is 1. The zero-order valence-electron chi connectivity index (χ0n) is 15.4. The Kier molecular flexibility index (Phi) is 5.72. The van der Waals surface area contributed by atoms with Gasteiger partial charge in [0.25, 0.3) is 5.91 Å². The van der Waals surface area contributed by atoms with Crippen molar-refractivity contribution in [2.75, 3.05) is 11.9 Å². The molecule has 0 radical (unpaired) electrons. The number of hydrogen-bond donors (Lipinski definition) is 1. The molecule has 0 spiro atoms. The highest BCUT2D eigenvalue weighted by Crippen LogP contribution is 2.39. The van der Waals surface area contributed by atoms with Crippen LogP contribution in [-0.4, -0.2) is 17.5 Å². The number of ether oxygens (including phenoxy) is 1. The lowest BCUT2D eigenvalue weighted by Crippen LogP contribution is -2.12. The first-order valence-electron chi connectivity index (χ1n) is 8.94. The predicted molar refractivity (Wildman–Crippen MR) is 121 cm³/mol. The van der Waals surface area contributed by atoms with Gasteiger partial charge in [-0.1, -0.05) is 41.4 Å². The van der Waals surface area contributed by atoms with Gasteiger partial charge in [-0.3, -0.25) is 4.79 Å². The van der Waals surface area contributed by atoms with Crippen LogP contribution in [0.2, 0.25) is 10.0 Å². The summed E-state index contributed by atoms with van der Waals surface area (Å²) < 4.78 is 6.52. The van der Waals surface area contributed by atoms with E-state index in [2.05, 4.69) is 10.3 Å². The molecular formula is C22H16Cl2N2O2S. The minimum atomic E-state index is -0.286. The fourth-order valence-corrected chi connectivity index (χ4v) is 4.46. The van der Waals surface area contributed by atoms with Gasteiger partial charge in [-0.25, -0.2) is 4.98 Å². The summed E-state index contributed by atoms with van der Waals surface area (Å²) in [6.45, 7) is 2.42. The van der Waals surface area contributed by atoms with Crippen LogP contribution in [0.3, 0.4) is 0 Å². The minimum absolute atomic E-state index is 0.286. The monoisotopic (exact) mass is 442 g/mol. The van der Waals surface area contributed by atoms with Crippen LogP contribution in [0.25, 0.3) is 20.8 Å². The molecule has 1 amide bonds. The molecule has 0 atom stereocenters. The van der Waals surface area contributed by atoms with E-state index >= 15 is 0 Å². The number of fused-ring (bicyclic) bond motifs is 1. The summed E-state index contributed by atoms with van der Waals surface area (Å²) in [5.41, 5.74) is 2.56. The van der Waals surface area contributed by atoms with E-state index in [0.717, 1.165) is 20.8 Å². The third kappa shape index (κ3) is 4.22. The van der Waals surface area contributed by atoms with Gasteiger partial charge in [0.05, 0.1) is 32.6 Å². The average Bonchev–Trinajstić information content (AvgIpc) is 3.14. The van der Waals surface area contributed by atoms with Crippen LogP contribution in [0, 0.1) is 0 Å². The van der Waals surface area contributed by atoms with Crippen molar-refractivity contribution in [1.29, 1.82) is 0 Å². The summed E-state index contributed by atoms with van der Waals surface area (Å²) in [6, 6.07) is 18.2. The molecule has 0 unspecified atom stereocenters. The van der Waals surface area contributed by atoms with Crippen LogP contribution in [0.5, 0.6) is 5.75 Å². The molecule has 1 aromatic heterocycles. The fraction of sp³-hybridized carbons (Fsp3) is 0.0909. The highest BCUT2D eigenvalue weighted by molar-refractivity contribution is 7.21. The van der Waals surface area contributed by atoms with Crippen molar-refractivity contribution in [3.05, 3.63) is 76.3 Å². The normalized spacial score (nSPS) is 10.9. The summed E-state index contributed by atoms with van der Waals surface area (Å²) in [5, 5.41) is 4.46. The molecule has 4 rings (SSSR count). The number of carbonyl (C=O) groups is 1. The lowest BCUT2D eigenvalue weighted by molar-refractivity contribution is 0.102. The third-order valence-electron chi connectivity index (χ3n) is 4.24. The molecule has 29 heavy (non-hydrogen) atoms. The van der Waals surface area contributed by atoms with Crippen LogP contribution in [0.15, 0.2) is 60.7 Å². The van der Waals surface area contributed by atoms with Gasteiger partial charge >= 0.3 is 0 Å². The molecule has 4 nitrogen and oxygen atoms in total. The Bertz CT molecular complexity index is 1170. The standard InChI is InChI=1S/C22H16Cl2N2O2S/c1-2-28-14-7-5-6-13(10-14)21(27)25-19-11-15(16(23)12-17(19)24)22-26-18-8-3-4-9-20(18)29-22/h3-12H,2H2,1H3,(H,25,27). The smallest absolute Gasteiger partial charge is 0.255 e. The van der Waals surface area contributed by atoms with Gasteiger partial charge in [0.15, 0.2) is 0 Å². The first-order valence-corrected chi connectivity index (χ1v) is 10.5. The molecule has 1 N–H and O–H groups in total. The number of nitrogens with one attached hydrogen (secondary N) is 1. The van der Waals surface area contributed by atoms with Crippen molar-refractivity contribution in [2.24, 2.45) is 0 Å². The van der Waals surface area contributed by atoms with Gasteiger partial charge < -0.3 is 10.1 Å². The Morgan fingerprint density at radius 2 is 1.90 bits per heavy atom. The minimum Gasteiger partial charge on any atom is -0.494 e. The largest absolute Gasteiger partial charge is 0.494 e. The van der Waals surface area contributed by atoms with Crippen LogP contribution >= 0.6 is 34.5 Å². The molecular weight excluding hydrogens is 427 g/mol. The summed E-state index contributed by atoms with van der Waals surface area (Å²) in [4.78, 5) is 17.4. The van der Waals surface area contributed by atoms with E-state index in [0.29, 0.717) is 33.7 Å². The van der Waals surface area contributed by atoms with Crippen molar-refractivity contribution in [2.45, 2.75) is 6.92 Å². The van der Waals surface area contributed by atoms with Gasteiger partial charge in [0, 0.05) is 11.1 Å². The SMILES string of the molecule is CCOc1cccc(C(=O)Nc2cc(-c3nc4ccccc4s3)c(Cl)cc2Cl)c1. The number of rotatable bonds is 5. The number of aromatic nitrogens is 1. The van der Waals surface area contributed by atoms with Crippen molar-refractivity contribution in [1.82, 2.24) is 4.98 Å². The van der Waals surface area contributed by atoms with Crippen LogP contribution in [0.4, 0.5) is 5.69 Å². The van der Waals surface area contributed by atoms with E-state index in [-0.39, 0.29) is 5.91 Å². The van der Waals surface area contributed by atoms with Gasteiger partial charge in [0.2, 0.25) is 0 Å². The zero-order chi connectivity index (χ0) is 20.4. The second-order valence-corrected chi connectivity index (χ2v) is 8.06. The van der Waals surface area contributed by atoms with E-state index in [1.54, 1.807) is 36.4 Å². The zero-order valence-corrected chi connectivity index (χ0v) is 17.7. The number of thiazole rings is 1. The first kappa shape index (κ1) is 19.7. The topological polar surface area (TPSA) is 51.2 Å². The average molecular weight is 443 g/mol. The third-order valence-corrected chi connectivity index (χ3v) is 5.93. The second kappa shape index (κ2) is 8.41. The molecule has 0 aliphatic carbocycles. The summed E-state index contributed by atoms with van der Waals surface area (Å²) in [5.74, 6) is 0.351. The van der Waals surface area contributed by atoms with Crippen LogP contribution in [-0.2, 0) is 0 Å². The maximum Gasteiger partial charge on any atom is 0.255 e. The number of para-hydroxylation sites is 1. The van der Waals surface area contributed by atoms with Gasteiger partial charge in [0.1, 0.15) is 10.8 Å². The quantitative estimate of drug-likeness (QED) is 0.364. The first-order chi connectivity index (χ1) is 14.0. The van der Waals surface area contributed by atoms with Crippen LogP contribution < -0.4 is 10.1 Å². The Balaban J connectivity index is 1.67. The molecule has 0 fully saturated rings. The Labute approximate surface area is 182 Å². The number of anilines is 1. The van der Waals surface area contributed by atoms with E-state index in [1.807, 2.05) is 31.2 Å². The molecule has 7 heteroatoms. The molecule has 146 valence electrons. The van der Waals surface area contributed by atoms with Gasteiger partial charge in [-0.05, 0) is 49.4 Å². The summed E-state index contributed by atoms with van der Waals surface area (Å²) in [7, 11) is 0. The lowest BCUT2D eigenvalue weighted by Gasteiger charge is -2.11. The van der Waals surface area contributed by atoms with Crippen molar-refractivity contribution >= 4 is 56.3 Å². The van der Waals surface area contributed by atoms with Gasteiger partial charge in [-0.2, -0.15) is 0 Å². The summed E-state index contributed by atoms with van der Waals surface area (Å²) in [6.07, 6.45) is 0. The predicted octanol–water partition coefficient (Wildman–Crippen LogP) is 6.92. The molecule has 4 aromatic rings. The number of hydrogen-bond acceptors (Lipinski definition) is 4. The Morgan fingerprint density at radius 1 is 1.07 bits per heavy atom. The van der Waals surface area contributed by atoms with E-state index in [4.69, 9.17) is 27.9 Å². The number of carbonyl (C=O) groups excluding carboxylic acids is 1. The molecule has 0 aliphatic heterocycles. The highest BCUT2D eigenvalue weighted by atomic mass is 35.5. The van der Waals surface area contributed by atoms with E-state index in [9.17, 15) is 4.79 Å². The fourth-order valence-electron chi connectivity index (χ4n) is 2.88. The van der Waals surface area contributed by atoms with Gasteiger partial charge in [-0.15, -0.1) is 11.3 Å². The number of halogens is 2. The molecule has 0 saturated heterocycles. The lowest BCUT2D eigenvalue weighted by atomic mass is 10.1. The molecule has 1 heterocycles. The van der Waals surface area contributed by atoms with Crippen molar-refractivity contribution in [3.8, 4) is 16.3 Å².